The number of unbranched alkanes of at least 4 members (excludes halogenated alkanes) is 1. The fourth-order valence-corrected chi connectivity index (χ4v) is 2.05. The van der Waals surface area contributed by atoms with E-state index in [1.54, 1.807) is 6.92 Å². The summed E-state index contributed by atoms with van der Waals surface area (Å²) < 4.78 is 156. The first-order valence-electron chi connectivity index (χ1n) is 8.01. The van der Waals surface area contributed by atoms with Gasteiger partial charge >= 0.3 is 36.0 Å². The fraction of sp³-hybridized carbons (Fsp3) is 0.933. The molecule has 28 heavy (non-hydrogen) atoms. The molecule has 0 amide bonds. The van der Waals surface area contributed by atoms with Crippen molar-refractivity contribution in [2.24, 2.45) is 5.92 Å². The van der Waals surface area contributed by atoms with Crippen molar-refractivity contribution in [2.45, 2.75) is 82.0 Å². The molecule has 0 radical (unpaired) electrons. The third kappa shape index (κ3) is 4.69. The normalized spacial score (nSPS) is 15.8. The van der Waals surface area contributed by atoms with Crippen LogP contribution in [0.25, 0.3) is 0 Å². The molecule has 0 fully saturated rings. The minimum atomic E-state index is -7.49. The maximum absolute atomic E-state index is 13.5. The molecular formula is C15H18F12O. The van der Waals surface area contributed by atoms with Gasteiger partial charge in [0.25, 0.3) is 0 Å². The Bertz CT molecular complexity index is 529. The summed E-state index contributed by atoms with van der Waals surface area (Å²) in [7, 11) is 0. The number of rotatable bonds is 12. The van der Waals surface area contributed by atoms with Gasteiger partial charge in [0.1, 0.15) is 5.78 Å². The Balaban J connectivity index is 5.39. The van der Waals surface area contributed by atoms with E-state index in [4.69, 9.17) is 0 Å². The molecule has 0 aliphatic heterocycles. The summed E-state index contributed by atoms with van der Waals surface area (Å²) in [4.78, 5) is 11.5. The Morgan fingerprint density at radius 1 is 0.786 bits per heavy atom. The first kappa shape index (κ1) is 26.8. The SMILES string of the molecule is CCC(C)C(=O)CCCCC(F)(F)C(F)(F)C(F)(F)C(F)(F)C(F)(F)C(F)F. The van der Waals surface area contributed by atoms with E-state index in [2.05, 4.69) is 0 Å². The summed E-state index contributed by atoms with van der Waals surface area (Å²) in [5, 5.41) is 0. The van der Waals surface area contributed by atoms with E-state index in [1.165, 1.54) is 6.92 Å². The Hall–Kier alpha value is -1.17. The third-order valence-electron chi connectivity index (χ3n) is 4.27. The molecule has 0 aliphatic rings. The molecule has 1 atom stereocenters. The Morgan fingerprint density at radius 2 is 1.25 bits per heavy atom. The van der Waals surface area contributed by atoms with Crippen molar-refractivity contribution in [1.82, 2.24) is 0 Å². The maximum atomic E-state index is 13.5. The molecule has 0 saturated carbocycles. The first-order chi connectivity index (χ1) is 12.3. The Kier molecular flexibility index (Phi) is 8.32. The molecule has 13 heteroatoms. The van der Waals surface area contributed by atoms with E-state index in [-0.39, 0.29) is 6.42 Å². The summed E-state index contributed by atoms with van der Waals surface area (Å²) in [6.07, 6.45) is -9.15. The van der Waals surface area contributed by atoms with Crippen LogP contribution in [0.1, 0.15) is 46.0 Å². The maximum Gasteiger partial charge on any atom is 0.384 e. The van der Waals surface area contributed by atoms with Crippen LogP contribution >= 0.6 is 0 Å². The number of carbonyl (C=O) groups excluding carboxylic acids is 1. The zero-order valence-electron chi connectivity index (χ0n) is 14.6. The number of hydrogen-bond acceptors (Lipinski definition) is 1. The van der Waals surface area contributed by atoms with Gasteiger partial charge in [0.15, 0.2) is 0 Å². The van der Waals surface area contributed by atoms with Gasteiger partial charge in [-0.1, -0.05) is 13.8 Å². The lowest BCUT2D eigenvalue weighted by atomic mass is 9.91. The molecule has 0 aromatic carbocycles. The van der Waals surface area contributed by atoms with Crippen molar-refractivity contribution in [3.63, 3.8) is 0 Å². The second kappa shape index (κ2) is 8.68. The van der Waals surface area contributed by atoms with Crippen LogP contribution in [0.4, 0.5) is 52.7 Å². The van der Waals surface area contributed by atoms with Crippen LogP contribution in [0, 0.1) is 5.92 Å². The van der Waals surface area contributed by atoms with Crippen molar-refractivity contribution in [3.05, 3.63) is 0 Å². The summed E-state index contributed by atoms with van der Waals surface area (Å²) in [5.41, 5.74) is 0. The van der Waals surface area contributed by atoms with E-state index in [1.807, 2.05) is 0 Å². The molecule has 0 spiro atoms. The highest BCUT2D eigenvalue weighted by Gasteiger charge is 2.87. The van der Waals surface area contributed by atoms with Gasteiger partial charge in [-0.05, 0) is 19.3 Å². The summed E-state index contributed by atoms with van der Waals surface area (Å²) >= 11 is 0. The molecule has 0 N–H and O–H groups in total. The van der Waals surface area contributed by atoms with Crippen LogP contribution in [0.15, 0.2) is 0 Å². The summed E-state index contributed by atoms with van der Waals surface area (Å²) in [5.74, 6) is -35.9. The van der Waals surface area contributed by atoms with Gasteiger partial charge in [-0.2, -0.15) is 43.9 Å². The lowest BCUT2D eigenvalue weighted by Gasteiger charge is -2.39. The van der Waals surface area contributed by atoms with Crippen molar-refractivity contribution in [2.75, 3.05) is 0 Å². The average molecular weight is 442 g/mol. The van der Waals surface area contributed by atoms with Crippen LogP contribution in [0.3, 0.4) is 0 Å². The number of ketones is 1. The summed E-state index contributed by atoms with van der Waals surface area (Å²) in [6, 6.07) is 0. The zero-order valence-corrected chi connectivity index (χ0v) is 14.6. The predicted octanol–water partition coefficient (Wildman–Crippen LogP) is 6.60. The largest absolute Gasteiger partial charge is 0.384 e. The van der Waals surface area contributed by atoms with Gasteiger partial charge < -0.3 is 0 Å². The molecule has 1 unspecified atom stereocenters. The molecular weight excluding hydrogens is 424 g/mol. The van der Waals surface area contributed by atoms with E-state index < -0.39 is 67.0 Å². The van der Waals surface area contributed by atoms with Crippen LogP contribution in [0.2, 0.25) is 0 Å². The number of alkyl halides is 12. The minimum absolute atomic E-state index is 0.382. The predicted molar refractivity (Wildman–Crippen MR) is 73.7 cm³/mol. The molecule has 0 heterocycles. The highest BCUT2D eigenvalue weighted by molar-refractivity contribution is 5.80. The van der Waals surface area contributed by atoms with Crippen molar-refractivity contribution < 1.29 is 57.5 Å². The van der Waals surface area contributed by atoms with E-state index >= 15 is 0 Å². The van der Waals surface area contributed by atoms with Crippen LogP contribution in [-0.2, 0) is 4.79 Å². The lowest BCUT2D eigenvalue weighted by Crippen LogP contribution is -2.68. The molecule has 0 aliphatic carbocycles. The van der Waals surface area contributed by atoms with E-state index in [0.29, 0.717) is 6.42 Å². The number of halogens is 12. The number of carbonyl (C=O) groups is 1. The quantitative estimate of drug-likeness (QED) is 0.246. The molecule has 0 aromatic rings. The summed E-state index contributed by atoms with van der Waals surface area (Å²) in [6.45, 7) is 3.10. The van der Waals surface area contributed by atoms with Crippen molar-refractivity contribution in [3.8, 4) is 0 Å². The van der Waals surface area contributed by atoms with Gasteiger partial charge in [0.05, 0.1) is 0 Å². The van der Waals surface area contributed by atoms with Gasteiger partial charge in [-0.25, -0.2) is 8.78 Å². The topological polar surface area (TPSA) is 17.1 Å². The molecule has 0 saturated heterocycles. The van der Waals surface area contributed by atoms with Crippen molar-refractivity contribution in [1.29, 1.82) is 0 Å². The fourth-order valence-electron chi connectivity index (χ4n) is 2.05. The van der Waals surface area contributed by atoms with E-state index in [9.17, 15) is 57.5 Å². The second-order valence-corrected chi connectivity index (χ2v) is 6.33. The van der Waals surface area contributed by atoms with Gasteiger partial charge in [-0.15, -0.1) is 0 Å². The van der Waals surface area contributed by atoms with Gasteiger partial charge in [-0.3, -0.25) is 4.79 Å². The van der Waals surface area contributed by atoms with Gasteiger partial charge in [0.2, 0.25) is 0 Å². The lowest BCUT2D eigenvalue weighted by molar-refractivity contribution is -0.413. The Morgan fingerprint density at radius 3 is 1.64 bits per heavy atom. The monoisotopic (exact) mass is 442 g/mol. The second-order valence-electron chi connectivity index (χ2n) is 6.33. The average Bonchev–Trinajstić information content (AvgIpc) is 2.56. The minimum Gasteiger partial charge on any atom is -0.299 e. The van der Waals surface area contributed by atoms with Crippen LogP contribution in [0.5, 0.6) is 0 Å². The molecule has 0 rings (SSSR count). The number of Topliss-reactive ketones (excluding diaryl/α,β-unsaturated/α-hetero) is 1. The number of hydrogen-bond donors (Lipinski definition) is 0. The highest BCUT2D eigenvalue weighted by atomic mass is 19.4. The zero-order chi connectivity index (χ0) is 22.8. The molecule has 168 valence electrons. The molecule has 0 aromatic heterocycles. The van der Waals surface area contributed by atoms with Crippen LogP contribution < -0.4 is 0 Å². The third-order valence-corrected chi connectivity index (χ3v) is 4.27. The van der Waals surface area contributed by atoms with Gasteiger partial charge in [0, 0.05) is 18.8 Å². The highest BCUT2D eigenvalue weighted by Crippen LogP contribution is 2.58. The standard InChI is InChI=1S/C15H18F12O/c1-3-8(2)9(28)6-4-5-7-11(18,19)13(22,23)15(26,27)14(24,25)12(20,21)10(16)17/h8,10H,3-7H2,1-2H3. The molecule has 1 nitrogen and oxygen atoms in total. The van der Waals surface area contributed by atoms with Crippen molar-refractivity contribution >= 4 is 5.78 Å². The first-order valence-corrected chi connectivity index (χ1v) is 8.01. The Labute approximate surface area is 152 Å². The van der Waals surface area contributed by atoms with Crippen LogP contribution in [-0.4, -0.2) is 41.8 Å². The van der Waals surface area contributed by atoms with E-state index in [0.717, 1.165) is 0 Å². The smallest absolute Gasteiger partial charge is 0.299 e. The molecule has 0 bridgehead atoms.